The van der Waals surface area contributed by atoms with Gasteiger partial charge in [0, 0.05) is 75.6 Å². The summed E-state index contributed by atoms with van der Waals surface area (Å²) >= 11 is 14.1. The molecule has 0 atom stereocenters. The van der Waals surface area contributed by atoms with E-state index in [1.54, 1.807) is 12.1 Å². The molecule has 336 valence electrons. The molecule has 0 unspecified atom stereocenters. The molecule has 2 aliphatic heterocycles. The Balaban J connectivity index is 0.774. The van der Waals surface area contributed by atoms with Crippen LogP contribution in [0.25, 0.3) is 11.1 Å². The number of benzene rings is 2. The monoisotopic (exact) mass is 902 g/mol. The summed E-state index contributed by atoms with van der Waals surface area (Å²) in [6.07, 6.45) is 15.9. The standard InChI is InChI=1S/C48H58Cl2F2N8O3/c1-57-37-11-21-59(23-19-46-13-9-30(25-46)10-14-46)26-35(37)53-41(57)43(61)55-33-7-3-5-31(39(33)49)32-6-4-8-34(40(32)50)56-44(62)42-54-36-27-60(22-12-38(36)58(42)2)24-20-47-15-17-48(28-47,18-16-47)29-63-45(51)52/h3-8,30,45H,9-29H2,1-2H3,(H,55,61)(H,56,62). The summed E-state index contributed by atoms with van der Waals surface area (Å²) in [6, 6.07) is 10.8. The largest absolute Gasteiger partial charge is 0.345 e. The van der Waals surface area contributed by atoms with Crippen LogP contribution in [0.4, 0.5) is 20.2 Å². The molecule has 0 saturated heterocycles. The number of anilines is 2. The Morgan fingerprint density at radius 2 is 1.24 bits per heavy atom. The number of fused-ring (bicyclic) bond motifs is 6. The number of carbonyl (C=O) groups excluding carboxylic acids is 2. The number of hydrogen-bond acceptors (Lipinski definition) is 7. The molecule has 6 aliphatic rings. The lowest BCUT2D eigenvalue weighted by Crippen LogP contribution is -2.34. The van der Waals surface area contributed by atoms with E-state index in [2.05, 4.69) is 20.4 Å². The second kappa shape index (κ2) is 16.8. The van der Waals surface area contributed by atoms with Gasteiger partial charge in [0.25, 0.3) is 11.8 Å². The number of alkyl halides is 2. The molecule has 4 fully saturated rings. The van der Waals surface area contributed by atoms with Gasteiger partial charge in [-0.1, -0.05) is 47.5 Å². The van der Waals surface area contributed by atoms with Gasteiger partial charge >= 0.3 is 6.61 Å². The maximum Gasteiger partial charge on any atom is 0.345 e. The fraction of sp³-hybridized carbons (Fsp3) is 0.583. The normalized spacial score (nSPS) is 26.4. The van der Waals surface area contributed by atoms with Crippen LogP contribution in [0.2, 0.25) is 10.0 Å². The smallest absolute Gasteiger partial charge is 0.327 e. The van der Waals surface area contributed by atoms with Crippen molar-refractivity contribution < 1.29 is 23.1 Å². The third-order valence-electron chi connectivity index (χ3n) is 16.3. The van der Waals surface area contributed by atoms with Gasteiger partial charge in [0.2, 0.25) is 0 Å². The quantitative estimate of drug-likeness (QED) is 0.130. The van der Waals surface area contributed by atoms with Crippen LogP contribution in [0, 0.1) is 22.2 Å². The molecule has 2 N–H and O–H groups in total. The highest BCUT2D eigenvalue weighted by Crippen LogP contribution is 2.63. The number of carbonyl (C=O) groups is 2. The Labute approximate surface area is 378 Å². The van der Waals surface area contributed by atoms with E-state index >= 15 is 0 Å². The number of rotatable bonds is 14. The van der Waals surface area contributed by atoms with Crippen molar-refractivity contribution in [1.82, 2.24) is 28.9 Å². The summed E-state index contributed by atoms with van der Waals surface area (Å²) in [7, 11) is 3.79. The maximum atomic E-state index is 13.8. The van der Waals surface area contributed by atoms with Crippen molar-refractivity contribution in [2.45, 2.75) is 110 Å². The van der Waals surface area contributed by atoms with Gasteiger partial charge in [0.1, 0.15) is 0 Å². The highest BCUT2D eigenvalue weighted by atomic mass is 35.5. The third-order valence-corrected chi connectivity index (χ3v) is 17.1. The van der Waals surface area contributed by atoms with Crippen LogP contribution < -0.4 is 10.6 Å². The molecule has 2 amide bonds. The summed E-state index contributed by atoms with van der Waals surface area (Å²) in [5, 5.41) is 6.64. The first-order valence-corrected chi connectivity index (χ1v) is 23.7. The second-order valence-electron chi connectivity index (χ2n) is 20.0. The average Bonchev–Trinajstić information content (AvgIpc) is 4.15. The van der Waals surface area contributed by atoms with Gasteiger partial charge in [-0.25, -0.2) is 9.97 Å². The summed E-state index contributed by atoms with van der Waals surface area (Å²) in [5.41, 5.74) is 6.73. The molecule has 11 nitrogen and oxygen atoms in total. The van der Waals surface area contributed by atoms with E-state index < -0.39 is 6.61 Å². The van der Waals surface area contributed by atoms with E-state index in [-0.39, 0.29) is 29.3 Å². The number of amides is 2. The molecule has 15 heteroatoms. The minimum absolute atomic E-state index is 0.0953. The molecular weight excluding hydrogens is 845 g/mol. The van der Waals surface area contributed by atoms with Crippen LogP contribution in [-0.4, -0.2) is 80.1 Å². The summed E-state index contributed by atoms with van der Waals surface area (Å²) in [4.78, 5) is 42.2. The highest BCUT2D eigenvalue weighted by molar-refractivity contribution is 6.40. The predicted molar refractivity (Wildman–Crippen MR) is 240 cm³/mol. The van der Waals surface area contributed by atoms with Gasteiger partial charge < -0.3 is 24.5 Å². The number of ether oxygens (including phenoxy) is 1. The van der Waals surface area contributed by atoms with Crippen LogP contribution in [0.3, 0.4) is 0 Å². The molecule has 4 bridgehead atoms. The fourth-order valence-corrected chi connectivity index (χ4v) is 13.2. The van der Waals surface area contributed by atoms with Crippen molar-refractivity contribution in [2.75, 3.05) is 43.4 Å². The minimum atomic E-state index is -2.71. The first kappa shape index (κ1) is 43.0. The SMILES string of the molecule is Cn1c(C(=O)Nc2cccc(-c3cccc(NC(=O)c4nc5c(n4C)CCN(CCC46CCC(COC(F)F)(CC4)C6)C5)c3Cl)c2Cl)nc2c1CCN(CCC13CCC(CC1)C3)C2. The summed E-state index contributed by atoms with van der Waals surface area (Å²) < 4.78 is 34.2. The molecule has 63 heavy (non-hydrogen) atoms. The topological polar surface area (TPSA) is 110 Å². The number of aromatic nitrogens is 4. The van der Waals surface area contributed by atoms with Crippen molar-refractivity contribution in [1.29, 1.82) is 0 Å². The van der Waals surface area contributed by atoms with Gasteiger partial charge in [-0.05, 0) is 124 Å². The van der Waals surface area contributed by atoms with Gasteiger partial charge in [-0.2, -0.15) is 8.78 Å². The Morgan fingerprint density at radius 3 is 1.71 bits per heavy atom. The lowest BCUT2D eigenvalue weighted by molar-refractivity contribution is -0.151. The number of imidazole rings is 2. The van der Waals surface area contributed by atoms with Gasteiger partial charge in [-0.15, -0.1) is 0 Å². The zero-order valence-corrected chi connectivity index (χ0v) is 37.9. The van der Waals surface area contributed by atoms with E-state index in [9.17, 15) is 18.4 Å². The van der Waals surface area contributed by atoms with Crippen molar-refractivity contribution in [2.24, 2.45) is 36.3 Å². The molecular formula is C48H58Cl2F2N8O3. The van der Waals surface area contributed by atoms with E-state index in [1.165, 1.54) is 38.5 Å². The van der Waals surface area contributed by atoms with E-state index in [4.69, 9.17) is 37.9 Å². The van der Waals surface area contributed by atoms with E-state index in [1.807, 2.05) is 47.5 Å². The first-order valence-electron chi connectivity index (χ1n) is 22.9. The highest BCUT2D eigenvalue weighted by Gasteiger charge is 2.54. The molecule has 4 heterocycles. The molecule has 2 aromatic carbocycles. The molecule has 2 aromatic heterocycles. The Hall–Kier alpha value is -3.88. The molecule has 4 aliphatic carbocycles. The van der Waals surface area contributed by atoms with Gasteiger partial charge in [-0.3, -0.25) is 19.4 Å². The van der Waals surface area contributed by atoms with Crippen LogP contribution in [0.1, 0.15) is 121 Å². The number of nitrogens with zero attached hydrogens (tertiary/aromatic N) is 6. The van der Waals surface area contributed by atoms with Crippen molar-refractivity contribution in [3.63, 3.8) is 0 Å². The molecule has 0 radical (unpaired) electrons. The minimum Gasteiger partial charge on any atom is -0.327 e. The van der Waals surface area contributed by atoms with Crippen LogP contribution >= 0.6 is 23.2 Å². The van der Waals surface area contributed by atoms with E-state index in [0.717, 1.165) is 113 Å². The number of halogens is 4. The van der Waals surface area contributed by atoms with Gasteiger partial charge in [0.15, 0.2) is 11.6 Å². The fourth-order valence-electron chi connectivity index (χ4n) is 12.7. The first-order chi connectivity index (χ1) is 30.3. The lowest BCUT2D eigenvalue weighted by Gasteiger charge is -2.32. The Bertz CT molecular complexity index is 2420. The molecule has 0 spiro atoms. The predicted octanol–water partition coefficient (Wildman–Crippen LogP) is 9.90. The Morgan fingerprint density at radius 1 is 0.746 bits per heavy atom. The second-order valence-corrected chi connectivity index (χ2v) is 20.7. The van der Waals surface area contributed by atoms with Crippen LogP contribution in [0.15, 0.2) is 36.4 Å². The maximum absolute atomic E-state index is 13.8. The lowest BCUT2D eigenvalue weighted by atomic mass is 9.80. The Kier molecular flexibility index (Phi) is 11.5. The van der Waals surface area contributed by atoms with Crippen molar-refractivity contribution in [3.05, 3.63) is 80.9 Å². The summed E-state index contributed by atoms with van der Waals surface area (Å²) in [6.45, 7) is 2.68. The molecule has 10 rings (SSSR count). The summed E-state index contributed by atoms with van der Waals surface area (Å²) in [5.74, 6) is 0.910. The van der Waals surface area contributed by atoms with E-state index in [0.29, 0.717) is 56.2 Å². The van der Waals surface area contributed by atoms with Gasteiger partial charge in [0.05, 0.1) is 39.4 Å². The number of hydrogen-bond donors (Lipinski definition) is 2. The van der Waals surface area contributed by atoms with Crippen molar-refractivity contribution >= 4 is 46.4 Å². The van der Waals surface area contributed by atoms with Crippen LogP contribution in [0.5, 0.6) is 0 Å². The van der Waals surface area contributed by atoms with Crippen LogP contribution in [-0.2, 0) is 44.8 Å². The average molecular weight is 904 g/mol. The van der Waals surface area contributed by atoms with Crippen molar-refractivity contribution in [3.8, 4) is 11.1 Å². The number of nitrogens with one attached hydrogen (secondary N) is 2. The molecule has 4 aromatic rings. The molecule has 4 saturated carbocycles. The zero-order valence-electron chi connectivity index (χ0n) is 36.4. The third kappa shape index (κ3) is 8.23. The zero-order chi connectivity index (χ0) is 43.7.